The Morgan fingerprint density at radius 1 is 0.750 bits per heavy atom. The Hall–Kier alpha value is -0.530. The lowest BCUT2D eigenvalue weighted by Gasteiger charge is -2.27. The molecule has 0 aliphatic rings. The lowest BCUT2D eigenvalue weighted by molar-refractivity contribution is -0.137. The van der Waals surface area contributed by atoms with Crippen molar-refractivity contribution < 1.29 is 9.90 Å². The number of hydrogen-bond donors (Lipinski definition) is 1. The van der Waals surface area contributed by atoms with E-state index in [4.69, 9.17) is 5.11 Å². The Morgan fingerprint density at radius 2 is 1.30 bits per heavy atom. The largest absolute Gasteiger partial charge is 0.481 e. The molecular formula is C18H36O2. The third-order valence-corrected chi connectivity index (χ3v) is 4.38. The molecule has 0 aromatic heterocycles. The van der Waals surface area contributed by atoms with E-state index in [1.807, 2.05) is 0 Å². The molecule has 0 aromatic carbocycles. The molecular weight excluding hydrogens is 248 g/mol. The number of aliphatic carboxylic acids is 1. The molecule has 0 spiro atoms. The molecule has 2 heteroatoms. The van der Waals surface area contributed by atoms with Gasteiger partial charge in [0.2, 0.25) is 0 Å². The van der Waals surface area contributed by atoms with E-state index in [-0.39, 0.29) is 0 Å². The predicted octanol–water partition coefficient (Wildman–Crippen LogP) is 6.04. The highest BCUT2D eigenvalue weighted by atomic mass is 16.4. The van der Waals surface area contributed by atoms with Gasteiger partial charge in [-0.15, -0.1) is 0 Å². The van der Waals surface area contributed by atoms with E-state index >= 15 is 0 Å². The second-order valence-corrected chi connectivity index (χ2v) is 6.23. The van der Waals surface area contributed by atoms with Gasteiger partial charge in [0.05, 0.1) is 0 Å². The second kappa shape index (κ2) is 13.5. The molecule has 2 atom stereocenters. The molecule has 2 nitrogen and oxygen atoms in total. The van der Waals surface area contributed by atoms with E-state index in [0.29, 0.717) is 6.42 Å². The average Bonchev–Trinajstić information content (AvgIpc) is 2.41. The average molecular weight is 284 g/mol. The molecule has 2 unspecified atom stereocenters. The van der Waals surface area contributed by atoms with Crippen LogP contribution in [-0.2, 0) is 4.79 Å². The number of carboxylic acids is 1. The van der Waals surface area contributed by atoms with Gasteiger partial charge >= 0.3 is 5.97 Å². The van der Waals surface area contributed by atoms with Crippen LogP contribution < -0.4 is 0 Å². The van der Waals surface area contributed by atoms with Crippen LogP contribution in [0.4, 0.5) is 0 Å². The minimum atomic E-state index is -0.651. The summed E-state index contributed by atoms with van der Waals surface area (Å²) in [5.41, 5.74) is 0. The van der Waals surface area contributed by atoms with Gasteiger partial charge in [-0.05, 0) is 18.3 Å². The highest BCUT2D eigenvalue weighted by Crippen LogP contribution is 2.31. The Morgan fingerprint density at radius 3 is 1.75 bits per heavy atom. The van der Waals surface area contributed by atoms with Crippen LogP contribution in [0.25, 0.3) is 0 Å². The van der Waals surface area contributed by atoms with Gasteiger partial charge in [-0.3, -0.25) is 4.79 Å². The van der Waals surface area contributed by atoms with E-state index in [2.05, 4.69) is 20.8 Å². The van der Waals surface area contributed by atoms with Crippen LogP contribution in [0.5, 0.6) is 0 Å². The minimum absolute atomic E-state index is 0.340. The summed E-state index contributed by atoms with van der Waals surface area (Å²) in [7, 11) is 0. The van der Waals surface area contributed by atoms with E-state index in [1.54, 1.807) is 0 Å². The second-order valence-electron chi connectivity index (χ2n) is 6.23. The first-order valence-corrected chi connectivity index (χ1v) is 8.87. The molecule has 0 rings (SSSR count). The summed E-state index contributed by atoms with van der Waals surface area (Å²) in [6, 6.07) is 0. The SMILES string of the molecule is CCCCC(CCC)C(CCC)CCCCCC(=O)O. The summed E-state index contributed by atoms with van der Waals surface area (Å²) in [6.07, 6.45) is 14.2. The summed E-state index contributed by atoms with van der Waals surface area (Å²) < 4.78 is 0. The Balaban J connectivity index is 4.10. The normalized spacial score (nSPS) is 14.2. The fraction of sp³-hybridized carbons (Fsp3) is 0.944. The molecule has 0 saturated heterocycles. The molecule has 0 fully saturated rings. The van der Waals surface area contributed by atoms with Gasteiger partial charge in [0.1, 0.15) is 0 Å². The molecule has 0 heterocycles. The quantitative estimate of drug-likeness (QED) is 0.394. The van der Waals surface area contributed by atoms with Gasteiger partial charge in [0.25, 0.3) is 0 Å². The third-order valence-electron chi connectivity index (χ3n) is 4.38. The van der Waals surface area contributed by atoms with Crippen LogP contribution in [0.3, 0.4) is 0 Å². The highest BCUT2D eigenvalue weighted by molar-refractivity contribution is 5.66. The molecule has 0 aliphatic carbocycles. The molecule has 0 aliphatic heterocycles. The summed E-state index contributed by atoms with van der Waals surface area (Å²) in [4.78, 5) is 10.5. The Labute approximate surface area is 126 Å². The number of carboxylic acid groups (broad SMARTS) is 1. The van der Waals surface area contributed by atoms with Crippen LogP contribution >= 0.6 is 0 Å². The highest BCUT2D eigenvalue weighted by Gasteiger charge is 2.19. The standard InChI is InChI=1S/C18H36O2/c1-4-7-13-16(11-5-2)17(12-6-3)14-9-8-10-15-18(19)20/h16-17H,4-15H2,1-3H3,(H,19,20). The van der Waals surface area contributed by atoms with Gasteiger partial charge in [-0.2, -0.15) is 0 Å². The number of unbranched alkanes of at least 4 members (excludes halogenated alkanes) is 3. The molecule has 0 radical (unpaired) electrons. The van der Waals surface area contributed by atoms with E-state index in [9.17, 15) is 4.79 Å². The first-order chi connectivity index (χ1) is 9.65. The lowest BCUT2D eigenvalue weighted by atomic mass is 9.79. The summed E-state index contributed by atoms with van der Waals surface area (Å²) >= 11 is 0. The summed E-state index contributed by atoms with van der Waals surface area (Å²) in [5, 5.41) is 8.66. The Kier molecular flexibility index (Phi) is 13.1. The maximum absolute atomic E-state index is 10.5. The van der Waals surface area contributed by atoms with Gasteiger partial charge in [0, 0.05) is 6.42 Å². The number of rotatable bonds is 14. The smallest absolute Gasteiger partial charge is 0.303 e. The van der Waals surface area contributed by atoms with E-state index in [1.165, 1.54) is 57.8 Å². The maximum Gasteiger partial charge on any atom is 0.303 e. The van der Waals surface area contributed by atoms with Crippen LogP contribution in [0.1, 0.15) is 97.8 Å². The van der Waals surface area contributed by atoms with Crippen LogP contribution in [0.15, 0.2) is 0 Å². The number of carbonyl (C=O) groups is 1. The van der Waals surface area contributed by atoms with Crippen LogP contribution in [-0.4, -0.2) is 11.1 Å². The third kappa shape index (κ3) is 10.3. The predicted molar refractivity (Wildman–Crippen MR) is 87.0 cm³/mol. The van der Waals surface area contributed by atoms with Crippen molar-refractivity contribution in [1.29, 1.82) is 0 Å². The number of hydrogen-bond acceptors (Lipinski definition) is 1. The monoisotopic (exact) mass is 284 g/mol. The van der Waals surface area contributed by atoms with Crippen molar-refractivity contribution in [2.45, 2.75) is 97.8 Å². The van der Waals surface area contributed by atoms with Crippen molar-refractivity contribution in [1.82, 2.24) is 0 Å². The van der Waals surface area contributed by atoms with Crippen molar-refractivity contribution in [3.05, 3.63) is 0 Å². The first-order valence-electron chi connectivity index (χ1n) is 8.87. The van der Waals surface area contributed by atoms with E-state index in [0.717, 1.165) is 24.7 Å². The van der Waals surface area contributed by atoms with Gasteiger partial charge in [0.15, 0.2) is 0 Å². The molecule has 0 amide bonds. The summed E-state index contributed by atoms with van der Waals surface area (Å²) in [6.45, 7) is 6.87. The van der Waals surface area contributed by atoms with Gasteiger partial charge in [-0.25, -0.2) is 0 Å². The van der Waals surface area contributed by atoms with Crippen molar-refractivity contribution in [2.24, 2.45) is 11.8 Å². The topological polar surface area (TPSA) is 37.3 Å². The van der Waals surface area contributed by atoms with Crippen molar-refractivity contribution in [3.8, 4) is 0 Å². The van der Waals surface area contributed by atoms with Crippen molar-refractivity contribution in [3.63, 3.8) is 0 Å². The van der Waals surface area contributed by atoms with Crippen LogP contribution in [0, 0.1) is 11.8 Å². The van der Waals surface area contributed by atoms with Gasteiger partial charge < -0.3 is 5.11 Å². The zero-order valence-electron chi connectivity index (χ0n) is 14.0. The molecule has 1 N–H and O–H groups in total. The zero-order valence-corrected chi connectivity index (χ0v) is 14.0. The first kappa shape index (κ1) is 19.5. The van der Waals surface area contributed by atoms with Crippen molar-refractivity contribution >= 4 is 5.97 Å². The molecule has 20 heavy (non-hydrogen) atoms. The minimum Gasteiger partial charge on any atom is -0.481 e. The van der Waals surface area contributed by atoms with Gasteiger partial charge in [-0.1, -0.05) is 85.0 Å². The molecule has 0 bridgehead atoms. The molecule has 120 valence electrons. The molecule has 0 saturated carbocycles. The van der Waals surface area contributed by atoms with Crippen molar-refractivity contribution in [2.75, 3.05) is 0 Å². The zero-order chi connectivity index (χ0) is 15.2. The fourth-order valence-corrected chi connectivity index (χ4v) is 3.30. The maximum atomic E-state index is 10.5. The fourth-order valence-electron chi connectivity index (χ4n) is 3.30. The summed E-state index contributed by atoms with van der Waals surface area (Å²) in [5.74, 6) is 1.12. The Bertz CT molecular complexity index is 225. The lowest BCUT2D eigenvalue weighted by Crippen LogP contribution is -2.15. The molecule has 0 aromatic rings. The van der Waals surface area contributed by atoms with E-state index < -0.39 is 5.97 Å². The van der Waals surface area contributed by atoms with Crippen LogP contribution in [0.2, 0.25) is 0 Å².